The number of hydrogen-bond acceptors (Lipinski definition) is 8. The molecule has 0 saturated heterocycles. The molecule has 5 aromatic carbocycles. The van der Waals surface area contributed by atoms with Gasteiger partial charge in [0.05, 0.1) is 39.1 Å². The zero-order valence-electron chi connectivity index (χ0n) is 39.0. The van der Waals surface area contributed by atoms with Gasteiger partial charge in [0.1, 0.15) is 50.1 Å². The van der Waals surface area contributed by atoms with Gasteiger partial charge in [0.25, 0.3) is 0 Å². The second-order valence-corrected chi connectivity index (χ2v) is 20.7. The predicted octanol–water partition coefficient (Wildman–Crippen LogP) is 15.4. The molecule has 9 heteroatoms. The van der Waals surface area contributed by atoms with E-state index in [1.54, 1.807) is 0 Å². The first-order chi connectivity index (χ1) is 29.7. The number of halogens is 1. The molecule has 0 saturated carbocycles. The SMILES string of the molecule is Cc1cc2c(c(C)c1N(c1cc(C(C)(C)C)cc(N(c3c(C)cc4c(c3C)OCCO4)c3coc4ccc(C(C)(C)C)cc34)c1Cl)c1coc3ccc(C(C)(C)C)cc13)OCCO2. The van der Waals surface area contributed by atoms with E-state index < -0.39 is 0 Å². The van der Waals surface area contributed by atoms with Crippen LogP contribution in [-0.2, 0) is 16.2 Å². The number of hydrogen-bond donors (Lipinski definition) is 0. The highest BCUT2D eigenvalue weighted by Crippen LogP contribution is 2.56. The van der Waals surface area contributed by atoms with Crippen LogP contribution in [0.2, 0.25) is 5.02 Å². The van der Waals surface area contributed by atoms with Gasteiger partial charge in [-0.15, -0.1) is 0 Å². The lowest BCUT2D eigenvalue weighted by Gasteiger charge is -2.36. The van der Waals surface area contributed by atoms with Crippen LogP contribution < -0.4 is 28.7 Å². The van der Waals surface area contributed by atoms with Gasteiger partial charge in [-0.05, 0) is 120 Å². The molecule has 63 heavy (non-hydrogen) atoms. The van der Waals surface area contributed by atoms with E-state index in [-0.39, 0.29) is 16.2 Å². The van der Waals surface area contributed by atoms with E-state index >= 15 is 0 Å². The van der Waals surface area contributed by atoms with Gasteiger partial charge >= 0.3 is 0 Å². The maximum Gasteiger partial charge on any atom is 0.166 e. The molecule has 8 nitrogen and oxygen atoms in total. The zero-order valence-corrected chi connectivity index (χ0v) is 39.7. The summed E-state index contributed by atoms with van der Waals surface area (Å²) in [6, 6.07) is 21.6. The maximum atomic E-state index is 8.20. The van der Waals surface area contributed by atoms with Gasteiger partial charge in [-0.2, -0.15) is 0 Å². The van der Waals surface area contributed by atoms with E-state index in [1.165, 1.54) is 11.1 Å². The van der Waals surface area contributed by atoms with Gasteiger partial charge in [-0.1, -0.05) is 86.0 Å². The van der Waals surface area contributed by atoms with Crippen molar-refractivity contribution in [1.29, 1.82) is 0 Å². The monoisotopic (exact) mass is 866 g/mol. The van der Waals surface area contributed by atoms with Crippen molar-refractivity contribution in [2.75, 3.05) is 36.2 Å². The lowest BCUT2D eigenvalue weighted by molar-refractivity contribution is 0.170. The summed E-state index contributed by atoms with van der Waals surface area (Å²) < 4.78 is 38.0. The fourth-order valence-electron chi connectivity index (χ4n) is 9.09. The second kappa shape index (κ2) is 15.2. The van der Waals surface area contributed by atoms with E-state index in [0.29, 0.717) is 31.5 Å². The van der Waals surface area contributed by atoms with Crippen LogP contribution in [0.1, 0.15) is 101 Å². The number of ether oxygens (including phenoxy) is 4. The maximum absolute atomic E-state index is 8.20. The second-order valence-electron chi connectivity index (χ2n) is 20.3. The molecule has 0 bridgehead atoms. The Hall–Kier alpha value is -5.73. The Morgan fingerprint density at radius 2 is 0.841 bits per heavy atom. The van der Waals surface area contributed by atoms with Crippen molar-refractivity contribution in [3.05, 3.63) is 117 Å². The minimum absolute atomic E-state index is 0.104. The third-order valence-corrected chi connectivity index (χ3v) is 13.0. The molecular weight excluding hydrogens is 808 g/mol. The smallest absolute Gasteiger partial charge is 0.166 e. The Morgan fingerprint density at radius 3 is 1.22 bits per heavy atom. The molecule has 0 N–H and O–H groups in total. The number of anilines is 6. The Bertz CT molecular complexity index is 2750. The number of rotatable bonds is 6. The Kier molecular flexibility index (Phi) is 10.3. The fourth-order valence-corrected chi connectivity index (χ4v) is 9.37. The zero-order chi connectivity index (χ0) is 44.9. The summed E-state index contributed by atoms with van der Waals surface area (Å²) in [4.78, 5) is 4.55. The van der Waals surface area contributed by atoms with Crippen LogP contribution in [0.3, 0.4) is 0 Å². The van der Waals surface area contributed by atoms with Crippen molar-refractivity contribution >= 4 is 67.7 Å². The molecular formula is C54H59ClN2O6. The Balaban J connectivity index is 1.41. The lowest BCUT2D eigenvalue weighted by atomic mass is 9.85. The quantitative estimate of drug-likeness (QED) is 0.164. The molecule has 0 radical (unpaired) electrons. The average molecular weight is 868 g/mol. The molecule has 4 heterocycles. The first-order valence-corrected chi connectivity index (χ1v) is 22.4. The molecule has 2 aromatic heterocycles. The fraction of sp³-hybridized carbons (Fsp3) is 0.370. The van der Waals surface area contributed by atoms with Crippen LogP contribution in [-0.4, -0.2) is 26.4 Å². The van der Waals surface area contributed by atoms with Crippen molar-refractivity contribution in [3.63, 3.8) is 0 Å². The van der Waals surface area contributed by atoms with Gasteiger partial charge in [-0.25, -0.2) is 0 Å². The minimum Gasteiger partial charge on any atom is -0.486 e. The van der Waals surface area contributed by atoms with Crippen molar-refractivity contribution < 1.29 is 27.8 Å². The highest BCUT2D eigenvalue weighted by Gasteiger charge is 2.34. The van der Waals surface area contributed by atoms with Crippen LogP contribution in [0.5, 0.6) is 23.0 Å². The molecule has 328 valence electrons. The van der Waals surface area contributed by atoms with Crippen molar-refractivity contribution in [1.82, 2.24) is 0 Å². The topological polar surface area (TPSA) is 69.7 Å². The normalized spacial score (nSPS) is 14.1. The third kappa shape index (κ3) is 7.34. The van der Waals surface area contributed by atoms with Crippen molar-refractivity contribution in [3.8, 4) is 23.0 Å². The summed E-state index contributed by atoms with van der Waals surface area (Å²) >= 11 is 8.20. The largest absolute Gasteiger partial charge is 0.486 e. The highest BCUT2D eigenvalue weighted by atomic mass is 35.5. The summed E-state index contributed by atoms with van der Waals surface area (Å²) in [5.41, 5.74) is 13.6. The molecule has 2 aliphatic heterocycles. The number of nitrogens with zero attached hydrogens (tertiary/aromatic N) is 2. The van der Waals surface area contributed by atoms with E-state index in [1.807, 2.05) is 12.5 Å². The van der Waals surface area contributed by atoms with E-state index in [4.69, 9.17) is 39.4 Å². The molecule has 9 rings (SSSR count). The summed E-state index contributed by atoms with van der Waals surface area (Å²) in [6.07, 6.45) is 3.72. The highest BCUT2D eigenvalue weighted by molar-refractivity contribution is 6.37. The van der Waals surface area contributed by atoms with E-state index in [0.717, 1.165) is 107 Å². The van der Waals surface area contributed by atoms with E-state index in [2.05, 4.69) is 160 Å². The standard InChI is InChI=1S/C54H59ClN2O6/c1-30-22-45-50(60-20-18-58-45)32(3)48(30)56(41-28-62-43-16-14-34(24-37(41)43)52(5,6)7)39-26-36(54(11,12)13)27-40(47(39)55)57(49-31(2)23-46-51(33(49)4)61-21-19-59-46)42-29-63-44-17-15-35(25-38(42)44)53(8,9)10/h14-17,22-29H,18-21H2,1-13H3. The molecule has 7 aromatic rings. The van der Waals surface area contributed by atoms with Crippen LogP contribution in [0.25, 0.3) is 21.9 Å². The third-order valence-electron chi connectivity index (χ3n) is 12.6. The lowest BCUT2D eigenvalue weighted by Crippen LogP contribution is -2.22. The molecule has 0 amide bonds. The van der Waals surface area contributed by atoms with Crippen LogP contribution >= 0.6 is 11.6 Å². The summed E-state index contributed by atoms with van der Waals surface area (Å²) in [6.45, 7) is 30.5. The number of furan rings is 2. The first kappa shape index (κ1) is 42.6. The number of benzene rings is 5. The predicted molar refractivity (Wildman–Crippen MR) is 257 cm³/mol. The molecule has 0 atom stereocenters. The molecule has 0 unspecified atom stereocenters. The summed E-state index contributed by atoms with van der Waals surface area (Å²) in [7, 11) is 0. The van der Waals surface area contributed by atoms with Gasteiger partial charge in [0.2, 0.25) is 0 Å². The molecule has 2 aliphatic rings. The number of aryl methyl sites for hydroxylation is 2. The van der Waals surface area contributed by atoms with Crippen molar-refractivity contribution in [2.45, 2.75) is 106 Å². The van der Waals surface area contributed by atoms with Gasteiger partial charge in [-0.3, -0.25) is 0 Å². The average Bonchev–Trinajstić information content (AvgIpc) is 3.84. The Labute approximate surface area is 376 Å². The Morgan fingerprint density at radius 1 is 0.460 bits per heavy atom. The van der Waals surface area contributed by atoms with E-state index in [9.17, 15) is 0 Å². The molecule has 0 aliphatic carbocycles. The number of fused-ring (bicyclic) bond motifs is 4. The molecule has 0 spiro atoms. The minimum atomic E-state index is -0.311. The van der Waals surface area contributed by atoms with Crippen LogP contribution in [0, 0.1) is 27.7 Å². The summed E-state index contributed by atoms with van der Waals surface area (Å²) in [5.74, 6) is 2.92. The molecule has 0 fully saturated rings. The van der Waals surface area contributed by atoms with Crippen molar-refractivity contribution in [2.24, 2.45) is 0 Å². The van der Waals surface area contributed by atoms with Gasteiger partial charge in [0.15, 0.2) is 23.0 Å². The van der Waals surface area contributed by atoms with Crippen LogP contribution in [0.4, 0.5) is 34.1 Å². The van der Waals surface area contributed by atoms with Gasteiger partial charge in [0, 0.05) is 21.9 Å². The first-order valence-electron chi connectivity index (χ1n) is 22.0. The van der Waals surface area contributed by atoms with Crippen LogP contribution in [0.15, 0.2) is 82.0 Å². The summed E-state index contributed by atoms with van der Waals surface area (Å²) in [5, 5.41) is 2.48. The van der Waals surface area contributed by atoms with Gasteiger partial charge < -0.3 is 37.6 Å².